The molecule has 60 heavy (non-hydrogen) atoms. The first-order chi connectivity index (χ1) is 28.2. The second kappa shape index (κ2) is 15.9. The second-order valence-corrected chi connectivity index (χ2v) is 15.5. The van der Waals surface area contributed by atoms with Crippen LogP contribution in [0.2, 0.25) is 0 Å². The molecule has 0 bridgehead atoms. The van der Waals surface area contributed by atoms with Gasteiger partial charge in [0, 0.05) is 67.8 Å². The summed E-state index contributed by atoms with van der Waals surface area (Å²) in [6.07, 6.45) is -6.91. The minimum absolute atomic E-state index is 0.0389. The van der Waals surface area contributed by atoms with Crippen molar-refractivity contribution >= 4 is 28.7 Å². The van der Waals surface area contributed by atoms with Crippen LogP contribution < -0.4 is 10.6 Å². The highest BCUT2D eigenvalue weighted by atomic mass is 19.4. The molecule has 1 saturated heterocycles. The molecular formula is C41H40F7N9O3. The van der Waals surface area contributed by atoms with Crippen molar-refractivity contribution in [3.05, 3.63) is 94.1 Å². The smallest absolute Gasteiger partial charge is 0.378 e. The molecule has 1 aliphatic heterocycles. The Hall–Kier alpha value is -6.00. The number of para-hydroxylation sites is 1. The number of aromatic nitrogens is 5. The van der Waals surface area contributed by atoms with Crippen molar-refractivity contribution < 1.29 is 45.4 Å². The van der Waals surface area contributed by atoms with Crippen molar-refractivity contribution in [1.29, 1.82) is 0 Å². The van der Waals surface area contributed by atoms with Crippen LogP contribution in [-0.2, 0) is 43.3 Å². The van der Waals surface area contributed by atoms with Crippen molar-refractivity contribution in [3.8, 4) is 23.0 Å². The number of nitrogens with one attached hydrogen (secondary N) is 2. The molecule has 3 aromatic heterocycles. The number of carbonyl (C=O) groups excluding carboxylic acids is 2. The normalized spacial score (nSPS) is 16.0. The minimum atomic E-state index is -5.07. The predicted molar refractivity (Wildman–Crippen MR) is 206 cm³/mol. The van der Waals surface area contributed by atoms with E-state index in [0.29, 0.717) is 59.0 Å². The molecule has 1 fully saturated rings. The maximum atomic E-state index is 15.0. The summed E-state index contributed by atoms with van der Waals surface area (Å²) in [6.45, 7) is 4.22. The molecule has 0 saturated carbocycles. The lowest BCUT2D eigenvalue weighted by Gasteiger charge is -2.32. The fraction of sp³-hybridized carbons (Fsp3) is 0.390. The summed E-state index contributed by atoms with van der Waals surface area (Å²) in [6, 6.07) is 9.32. The third kappa shape index (κ3) is 8.94. The number of hydrogen-bond acceptors (Lipinski definition) is 7. The van der Waals surface area contributed by atoms with Gasteiger partial charge in [-0.25, -0.2) is 18.6 Å². The number of alkyl halides is 5. The molecule has 316 valence electrons. The number of piperazine rings is 1. The summed E-state index contributed by atoms with van der Waals surface area (Å²) in [5.74, 6) is -0.948. The number of nitrogens with zero attached hydrogens (tertiary/aromatic N) is 7. The van der Waals surface area contributed by atoms with Crippen LogP contribution >= 0.6 is 0 Å². The molecule has 0 radical (unpaired) electrons. The van der Waals surface area contributed by atoms with Crippen molar-refractivity contribution in [3.63, 3.8) is 0 Å². The Morgan fingerprint density at radius 3 is 2.33 bits per heavy atom. The SMILES string of the molecule is CN1CCN(C(=O)Nc2nn(C)c3c(-c4ccc(C#CC(C)(C)O)nc4C(Cc4cc(F)cc(F)c4)NC(=O)Cn4nc(C(F)(F)F)c5c4C(F)(F)CC5)cccc23)CC1. The van der Waals surface area contributed by atoms with E-state index in [1.54, 1.807) is 36.2 Å². The number of likely N-dealkylation sites (N-methyl/N-ethyl adjacent to an activating group) is 1. The topological polar surface area (TPSA) is 133 Å². The summed E-state index contributed by atoms with van der Waals surface area (Å²) in [7, 11) is 3.61. The number of benzene rings is 2. The lowest BCUT2D eigenvalue weighted by Crippen LogP contribution is -2.48. The number of amides is 3. The first-order valence-corrected chi connectivity index (χ1v) is 18.9. The molecule has 1 aliphatic carbocycles. The van der Waals surface area contributed by atoms with E-state index in [2.05, 4.69) is 37.6 Å². The number of halogens is 7. The Balaban J connectivity index is 1.34. The lowest BCUT2D eigenvalue weighted by atomic mass is 9.93. The Morgan fingerprint density at radius 2 is 1.67 bits per heavy atom. The van der Waals surface area contributed by atoms with Crippen LogP contribution in [0.3, 0.4) is 0 Å². The minimum Gasteiger partial charge on any atom is -0.378 e. The Bertz CT molecular complexity index is 2520. The number of pyridine rings is 1. The molecule has 1 unspecified atom stereocenters. The van der Waals surface area contributed by atoms with Crippen molar-refractivity contribution in [1.82, 2.24) is 39.7 Å². The lowest BCUT2D eigenvalue weighted by molar-refractivity contribution is -0.142. The maximum Gasteiger partial charge on any atom is 0.435 e. The van der Waals surface area contributed by atoms with Gasteiger partial charge in [0.25, 0.3) is 5.92 Å². The van der Waals surface area contributed by atoms with E-state index in [0.717, 1.165) is 12.1 Å². The van der Waals surface area contributed by atoms with Gasteiger partial charge in [0.1, 0.15) is 35.2 Å². The van der Waals surface area contributed by atoms with Gasteiger partial charge in [0.05, 0.1) is 17.3 Å². The number of fused-ring (bicyclic) bond motifs is 2. The zero-order valence-electron chi connectivity index (χ0n) is 32.9. The third-order valence-electron chi connectivity index (χ3n) is 10.3. The van der Waals surface area contributed by atoms with E-state index in [4.69, 9.17) is 4.98 Å². The van der Waals surface area contributed by atoms with Gasteiger partial charge in [0.15, 0.2) is 11.5 Å². The van der Waals surface area contributed by atoms with Crippen molar-refractivity contribution in [2.45, 2.75) is 63.4 Å². The predicted octanol–water partition coefficient (Wildman–Crippen LogP) is 6.17. The summed E-state index contributed by atoms with van der Waals surface area (Å²) < 4.78 is 103. The van der Waals surface area contributed by atoms with Crippen LogP contribution in [0, 0.1) is 23.5 Å². The molecule has 2 aliphatic rings. The van der Waals surface area contributed by atoms with Gasteiger partial charge in [0.2, 0.25) is 5.91 Å². The Morgan fingerprint density at radius 1 is 0.967 bits per heavy atom. The number of aryl methyl sites for hydroxylation is 1. The van der Waals surface area contributed by atoms with Gasteiger partial charge in [-0.2, -0.15) is 32.1 Å². The average Bonchev–Trinajstić information content (AvgIpc) is 3.80. The monoisotopic (exact) mass is 839 g/mol. The van der Waals surface area contributed by atoms with E-state index in [9.17, 15) is 36.6 Å². The highest BCUT2D eigenvalue weighted by molar-refractivity contribution is 6.04. The third-order valence-corrected chi connectivity index (χ3v) is 10.3. The van der Waals surface area contributed by atoms with Crippen LogP contribution in [0.4, 0.5) is 41.3 Å². The number of anilines is 1. The fourth-order valence-corrected chi connectivity index (χ4v) is 7.54. The van der Waals surface area contributed by atoms with E-state index in [-0.39, 0.29) is 35.2 Å². The molecular weight excluding hydrogens is 799 g/mol. The zero-order chi connectivity index (χ0) is 43.3. The first-order valence-electron chi connectivity index (χ1n) is 18.9. The first kappa shape index (κ1) is 42.1. The van der Waals surface area contributed by atoms with E-state index < -0.39 is 77.6 Å². The van der Waals surface area contributed by atoms with E-state index >= 15 is 8.78 Å². The maximum absolute atomic E-state index is 15.0. The quantitative estimate of drug-likeness (QED) is 0.126. The summed E-state index contributed by atoms with van der Waals surface area (Å²) in [5, 5.41) is 24.4. The van der Waals surface area contributed by atoms with Crippen LogP contribution in [0.15, 0.2) is 48.5 Å². The van der Waals surface area contributed by atoms with Crippen molar-refractivity contribution in [2.24, 2.45) is 7.05 Å². The molecule has 7 rings (SSSR count). The van der Waals surface area contributed by atoms with Gasteiger partial charge >= 0.3 is 12.2 Å². The van der Waals surface area contributed by atoms with Crippen LogP contribution in [0.25, 0.3) is 22.0 Å². The second-order valence-electron chi connectivity index (χ2n) is 15.5. The number of carbonyl (C=O) groups is 2. The molecule has 12 nitrogen and oxygen atoms in total. The molecule has 2 aromatic carbocycles. The molecule has 3 N–H and O–H groups in total. The van der Waals surface area contributed by atoms with Crippen LogP contribution in [-0.4, -0.2) is 90.2 Å². The number of urea groups is 1. The number of aliphatic hydroxyl groups is 1. The molecule has 1 atom stereocenters. The van der Waals surface area contributed by atoms with Gasteiger partial charge < -0.3 is 20.2 Å². The standard InChI is InChI=1S/C41H40F7N9O3/c1-39(2,60)12-10-26-8-9-27(28-6-5-7-29-34(28)55(4)53-37(29)51-38(59)56-16-14-54(3)15-17-56)33(49-26)31(20-23-18-24(42)21-25(43)19-23)50-32(58)22-57-36-30(11-13-40(36,44)45)35(52-57)41(46,47)48/h5-9,18-19,21,31,60H,11,13-17,20,22H2,1-4H3,(H,50,58)(H,51,53,59). The molecule has 4 heterocycles. The highest BCUT2D eigenvalue weighted by Crippen LogP contribution is 2.46. The molecule has 5 aromatic rings. The highest BCUT2D eigenvalue weighted by Gasteiger charge is 2.50. The van der Waals surface area contributed by atoms with Crippen LogP contribution in [0.1, 0.15) is 60.2 Å². The van der Waals surface area contributed by atoms with E-state index in [1.807, 2.05) is 7.05 Å². The van der Waals surface area contributed by atoms with Gasteiger partial charge in [-0.05, 0) is 75.6 Å². The van der Waals surface area contributed by atoms with Gasteiger partial charge in [-0.3, -0.25) is 19.5 Å². The van der Waals surface area contributed by atoms with Gasteiger partial charge in [-0.15, -0.1) is 0 Å². The number of rotatable bonds is 8. The Labute approximate surface area is 339 Å². The van der Waals surface area contributed by atoms with Crippen molar-refractivity contribution in [2.75, 3.05) is 38.5 Å². The molecule has 3 amide bonds. The average molecular weight is 840 g/mol. The Kier molecular flexibility index (Phi) is 11.2. The van der Waals surface area contributed by atoms with E-state index in [1.165, 1.54) is 24.6 Å². The fourth-order valence-electron chi connectivity index (χ4n) is 7.54. The zero-order valence-corrected chi connectivity index (χ0v) is 32.9. The summed E-state index contributed by atoms with van der Waals surface area (Å²) in [5.41, 5.74) is -3.20. The van der Waals surface area contributed by atoms with Crippen LogP contribution in [0.5, 0.6) is 0 Å². The summed E-state index contributed by atoms with van der Waals surface area (Å²) >= 11 is 0. The van der Waals surface area contributed by atoms with Gasteiger partial charge in [-0.1, -0.05) is 18.1 Å². The molecule has 19 heteroatoms. The molecule has 0 spiro atoms. The summed E-state index contributed by atoms with van der Waals surface area (Å²) in [4.78, 5) is 35.7. The number of hydrogen-bond donors (Lipinski definition) is 3. The largest absolute Gasteiger partial charge is 0.435 e.